The Balaban J connectivity index is 1.97. The van der Waals surface area contributed by atoms with Gasteiger partial charge in [-0.3, -0.25) is 0 Å². The van der Waals surface area contributed by atoms with Crippen molar-refractivity contribution in [1.82, 2.24) is 0 Å². The number of hydrogen-bond acceptors (Lipinski definition) is 2. The molecule has 2 rings (SSSR count). The third-order valence-corrected chi connectivity index (χ3v) is 2.57. The third kappa shape index (κ3) is 2.91. The first-order valence-electron chi connectivity index (χ1n) is 5.08. The van der Waals surface area contributed by atoms with Crippen molar-refractivity contribution in [3.63, 3.8) is 0 Å². The van der Waals surface area contributed by atoms with E-state index in [1.807, 2.05) is 48.5 Å². The average molecular weight is 233 g/mol. The molecule has 0 saturated carbocycles. The molecule has 0 aliphatic heterocycles. The zero-order valence-corrected chi connectivity index (χ0v) is 9.54. The van der Waals surface area contributed by atoms with Crippen LogP contribution in [0.15, 0.2) is 48.5 Å². The second-order valence-corrected chi connectivity index (χ2v) is 4.04. The van der Waals surface area contributed by atoms with Gasteiger partial charge in [-0.05, 0) is 42.0 Å². The monoisotopic (exact) mass is 232 g/mol. The van der Waals surface area contributed by atoms with Gasteiger partial charge in [0, 0.05) is 22.9 Å². The summed E-state index contributed by atoms with van der Waals surface area (Å²) in [4.78, 5) is 0. The molecule has 0 aliphatic carbocycles. The highest BCUT2D eigenvalue weighted by Gasteiger charge is 1.94. The maximum absolute atomic E-state index is 5.81. The van der Waals surface area contributed by atoms with Crippen LogP contribution in [0.2, 0.25) is 5.02 Å². The number of nitrogens with two attached hydrogens (primary N) is 1. The minimum absolute atomic E-state index is 0.760. The fourth-order valence-corrected chi connectivity index (χ4v) is 1.53. The van der Waals surface area contributed by atoms with Crippen molar-refractivity contribution in [3.05, 3.63) is 59.1 Å². The van der Waals surface area contributed by atoms with E-state index in [4.69, 9.17) is 17.3 Å². The maximum Gasteiger partial charge on any atom is 0.0406 e. The van der Waals surface area contributed by atoms with Gasteiger partial charge in [0.1, 0.15) is 0 Å². The van der Waals surface area contributed by atoms with E-state index in [1.165, 1.54) is 5.56 Å². The maximum atomic E-state index is 5.81. The smallest absolute Gasteiger partial charge is 0.0406 e. The second kappa shape index (κ2) is 4.90. The van der Waals surface area contributed by atoms with Crippen LogP contribution in [0.25, 0.3) is 0 Å². The number of benzene rings is 2. The summed E-state index contributed by atoms with van der Waals surface area (Å²) >= 11 is 5.81. The summed E-state index contributed by atoms with van der Waals surface area (Å²) in [6.45, 7) is 0.779. The van der Waals surface area contributed by atoms with E-state index in [1.54, 1.807) is 0 Å². The van der Waals surface area contributed by atoms with Crippen LogP contribution in [0.5, 0.6) is 0 Å². The molecule has 0 bridgehead atoms. The van der Waals surface area contributed by atoms with Gasteiger partial charge in [-0.1, -0.05) is 23.7 Å². The van der Waals surface area contributed by atoms with Crippen molar-refractivity contribution in [3.8, 4) is 0 Å². The quantitative estimate of drug-likeness (QED) is 0.795. The fourth-order valence-electron chi connectivity index (χ4n) is 1.41. The number of nitrogen functional groups attached to an aromatic ring is 1. The van der Waals surface area contributed by atoms with Crippen LogP contribution in [-0.4, -0.2) is 0 Å². The molecule has 82 valence electrons. The lowest BCUT2D eigenvalue weighted by Crippen LogP contribution is -1.99. The predicted molar refractivity (Wildman–Crippen MR) is 69.6 cm³/mol. The molecule has 3 heteroatoms. The summed E-state index contributed by atoms with van der Waals surface area (Å²) in [5.74, 6) is 0. The van der Waals surface area contributed by atoms with Crippen molar-refractivity contribution >= 4 is 23.0 Å². The van der Waals surface area contributed by atoms with Crippen molar-refractivity contribution < 1.29 is 0 Å². The lowest BCUT2D eigenvalue weighted by molar-refractivity contribution is 1.15. The van der Waals surface area contributed by atoms with Gasteiger partial charge in [-0.15, -0.1) is 0 Å². The topological polar surface area (TPSA) is 38.0 Å². The Morgan fingerprint density at radius 1 is 0.938 bits per heavy atom. The second-order valence-electron chi connectivity index (χ2n) is 3.60. The Labute approximate surface area is 100 Å². The molecule has 0 radical (unpaired) electrons. The van der Waals surface area contributed by atoms with E-state index in [9.17, 15) is 0 Å². The number of hydrogen-bond donors (Lipinski definition) is 2. The van der Waals surface area contributed by atoms with Crippen LogP contribution in [0.3, 0.4) is 0 Å². The molecule has 0 aromatic heterocycles. The van der Waals surface area contributed by atoms with Crippen LogP contribution in [0.1, 0.15) is 5.56 Å². The lowest BCUT2D eigenvalue weighted by Gasteiger charge is -2.06. The van der Waals surface area contributed by atoms with Crippen molar-refractivity contribution in [2.45, 2.75) is 6.54 Å². The highest BCUT2D eigenvalue weighted by atomic mass is 35.5. The van der Waals surface area contributed by atoms with Gasteiger partial charge in [0.25, 0.3) is 0 Å². The van der Waals surface area contributed by atoms with E-state index in [0.717, 1.165) is 22.9 Å². The molecule has 0 heterocycles. The van der Waals surface area contributed by atoms with Gasteiger partial charge in [0.05, 0.1) is 0 Å². The van der Waals surface area contributed by atoms with Crippen LogP contribution in [0.4, 0.5) is 11.4 Å². The fraction of sp³-hybridized carbons (Fsp3) is 0.0769. The average Bonchev–Trinajstić information content (AvgIpc) is 2.30. The first-order valence-corrected chi connectivity index (χ1v) is 5.46. The summed E-state index contributed by atoms with van der Waals surface area (Å²) in [6.07, 6.45) is 0. The van der Waals surface area contributed by atoms with E-state index < -0.39 is 0 Å². The summed E-state index contributed by atoms with van der Waals surface area (Å²) < 4.78 is 0. The predicted octanol–water partition coefficient (Wildman–Crippen LogP) is 3.53. The zero-order valence-electron chi connectivity index (χ0n) is 8.78. The summed E-state index contributed by atoms with van der Waals surface area (Å²) in [6, 6.07) is 15.5. The normalized spacial score (nSPS) is 10.1. The molecule has 0 unspecified atom stereocenters. The molecule has 2 nitrogen and oxygen atoms in total. The minimum Gasteiger partial charge on any atom is -0.399 e. The van der Waals surface area contributed by atoms with Gasteiger partial charge < -0.3 is 11.1 Å². The molecule has 0 atom stereocenters. The van der Waals surface area contributed by atoms with E-state index in [2.05, 4.69) is 5.32 Å². The number of rotatable bonds is 3. The largest absolute Gasteiger partial charge is 0.399 e. The molecule has 0 amide bonds. The van der Waals surface area contributed by atoms with Gasteiger partial charge >= 0.3 is 0 Å². The number of nitrogens with one attached hydrogen (secondary N) is 1. The Morgan fingerprint density at radius 2 is 1.56 bits per heavy atom. The zero-order chi connectivity index (χ0) is 11.4. The minimum atomic E-state index is 0.760. The molecule has 3 N–H and O–H groups in total. The molecular formula is C13H13ClN2. The standard InChI is InChI=1S/C13H13ClN2/c14-11-3-1-10(2-4-11)9-16-13-7-5-12(15)6-8-13/h1-8,16H,9,15H2. The Hall–Kier alpha value is -1.67. The summed E-state index contributed by atoms with van der Waals surface area (Å²) in [5.41, 5.74) is 8.64. The van der Waals surface area contributed by atoms with Crippen LogP contribution < -0.4 is 11.1 Å². The first-order chi connectivity index (χ1) is 7.74. The highest BCUT2D eigenvalue weighted by molar-refractivity contribution is 6.30. The van der Waals surface area contributed by atoms with E-state index in [-0.39, 0.29) is 0 Å². The molecule has 0 fully saturated rings. The summed E-state index contributed by atoms with van der Waals surface area (Å²) in [7, 11) is 0. The Bertz CT molecular complexity index is 403. The molecule has 2 aromatic carbocycles. The van der Waals surface area contributed by atoms with Crippen LogP contribution in [-0.2, 0) is 6.54 Å². The van der Waals surface area contributed by atoms with E-state index in [0.29, 0.717) is 0 Å². The SMILES string of the molecule is Nc1ccc(NCc2ccc(Cl)cc2)cc1. The lowest BCUT2D eigenvalue weighted by atomic mass is 10.2. The molecule has 2 aromatic rings. The molecule has 0 spiro atoms. The van der Waals surface area contributed by atoms with Gasteiger partial charge in [-0.2, -0.15) is 0 Å². The third-order valence-electron chi connectivity index (χ3n) is 2.32. The van der Waals surface area contributed by atoms with E-state index >= 15 is 0 Å². The van der Waals surface area contributed by atoms with Gasteiger partial charge in [0.15, 0.2) is 0 Å². The highest BCUT2D eigenvalue weighted by Crippen LogP contribution is 2.13. The van der Waals surface area contributed by atoms with Crippen LogP contribution in [0, 0.1) is 0 Å². The van der Waals surface area contributed by atoms with Gasteiger partial charge in [0.2, 0.25) is 0 Å². The molecule has 0 aliphatic rings. The summed E-state index contributed by atoms with van der Waals surface area (Å²) in [5, 5.41) is 4.07. The molecule has 0 saturated heterocycles. The molecule has 16 heavy (non-hydrogen) atoms. The Kier molecular flexibility index (Phi) is 3.32. The van der Waals surface area contributed by atoms with Crippen LogP contribution >= 0.6 is 11.6 Å². The Morgan fingerprint density at radius 3 is 2.19 bits per heavy atom. The van der Waals surface area contributed by atoms with Crippen molar-refractivity contribution in [2.24, 2.45) is 0 Å². The van der Waals surface area contributed by atoms with Crippen molar-refractivity contribution in [2.75, 3.05) is 11.1 Å². The number of anilines is 2. The number of halogens is 1. The first kappa shape index (κ1) is 10.8. The molecular weight excluding hydrogens is 220 g/mol. The van der Waals surface area contributed by atoms with Gasteiger partial charge in [-0.25, -0.2) is 0 Å². The van der Waals surface area contributed by atoms with Crippen molar-refractivity contribution in [1.29, 1.82) is 0 Å².